The Kier molecular flexibility index (Phi) is 7.19. The first kappa shape index (κ1) is 29.8. The highest BCUT2D eigenvalue weighted by Crippen LogP contribution is 2.70. The van der Waals surface area contributed by atoms with Crippen LogP contribution in [0.3, 0.4) is 0 Å². The third kappa shape index (κ3) is 4.66. The fraction of sp³-hybridized carbons (Fsp3) is 0.500. The van der Waals surface area contributed by atoms with E-state index in [4.69, 9.17) is 0 Å². The second kappa shape index (κ2) is 11.8. The van der Waals surface area contributed by atoms with Gasteiger partial charge in [-0.1, -0.05) is 111 Å². The van der Waals surface area contributed by atoms with Crippen molar-refractivity contribution < 1.29 is 0 Å². The van der Waals surface area contributed by atoms with Gasteiger partial charge in [0.2, 0.25) is 0 Å². The molecule has 6 saturated carbocycles. The van der Waals surface area contributed by atoms with Gasteiger partial charge in [0.15, 0.2) is 0 Å². The second-order valence-electron chi connectivity index (χ2n) is 17.6. The van der Waals surface area contributed by atoms with E-state index in [1.165, 1.54) is 81.0 Å². The van der Waals surface area contributed by atoms with Crippen LogP contribution in [0.4, 0.5) is 0 Å². The molecule has 6 aliphatic carbocycles. The van der Waals surface area contributed by atoms with Crippen molar-refractivity contribution in [1.82, 2.24) is 0 Å². The molecule has 11 rings (SSSR count). The molecule has 0 aliphatic heterocycles. The molecule has 6 aliphatic rings. The highest BCUT2D eigenvalue weighted by Gasteiger charge is 2.63. The van der Waals surface area contributed by atoms with Crippen LogP contribution in [0.2, 0.25) is 0 Å². The lowest BCUT2D eigenvalue weighted by Gasteiger charge is -2.68. The average molecular weight is 661 g/mol. The Morgan fingerprint density at radius 1 is 0.429 bits per heavy atom. The molecule has 0 radical (unpaired) electrons. The van der Waals surface area contributed by atoms with Crippen molar-refractivity contribution in [1.29, 1.82) is 0 Å². The quantitative estimate of drug-likeness (QED) is 0.181. The molecule has 0 saturated heterocycles. The number of benzene rings is 4. The predicted molar refractivity (Wildman–Crippen MR) is 208 cm³/mol. The van der Waals surface area contributed by atoms with Gasteiger partial charge in [0.05, 0.1) is 0 Å². The summed E-state index contributed by atoms with van der Waals surface area (Å²) < 4.78 is 2.81. The summed E-state index contributed by atoms with van der Waals surface area (Å²) in [5.41, 5.74) is 7.13. The molecule has 250 valence electrons. The fourth-order valence-corrected chi connectivity index (χ4v) is 15.5. The van der Waals surface area contributed by atoms with Crippen molar-refractivity contribution in [2.45, 2.75) is 89.4 Å². The van der Waals surface area contributed by atoms with Crippen molar-refractivity contribution in [2.24, 2.45) is 59.2 Å². The molecule has 1 heterocycles. The molecule has 8 atom stereocenters. The van der Waals surface area contributed by atoms with Crippen molar-refractivity contribution in [2.75, 3.05) is 0 Å². The first-order valence-electron chi connectivity index (χ1n) is 20.4. The van der Waals surface area contributed by atoms with E-state index in [1.807, 2.05) is 11.3 Å². The van der Waals surface area contributed by atoms with Gasteiger partial charge in [0.1, 0.15) is 0 Å². The summed E-state index contributed by atoms with van der Waals surface area (Å²) in [6.45, 7) is 0. The van der Waals surface area contributed by atoms with Crippen LogP contribution in [0.5, 0.6) is 0 Å². The van der Waals surface area contributed by atoms with Gasteiger partial charge in [-0.25, -0.2) is 0 Å². The topological polar surface area (TPSA) is 0 Å². The van der Waals surface area contributed by atoms with Gasteiger partial charge >= 0.3 is 0 Å². The Morgan fingerprint density at radius 2 is 1.02 bits per heavy atom. The second-order valence-corrected chi connectivity index (χ2v) is 18.7. The van der Waals surface area contributed by atoms with E-state index in [2.05, 4.69) is 91.0 Å². The van der Waals surface area contributed by atoms with E-state index in [0.717, 1.165) is 65.1 Å². The summed E-state index contributed by atoms with van der Waals surface area (Å²) in [5.74, 6) is 11.2. The summed E-state index contributed by atoms with van der Waals surface area (Å²) >= 11 is 1.96. The zero-order valence-electron chi connectivity index (χ0n) is 29.1. The van der Waals surface area contributed by atoms with Gasteiger partial charge in [-0.15, -0.1) is 11.3 Å². The Bertz CT molecular complexity index is 1960. The molecule has 1 heteroatoms. The first-order chi connectivity index (χ1) is 24.3. The van der Waals surface area contributed by atoms with Gasteiger partial charge in [-0.3, -0.25) is 0 Å². The highest BCUT2D eigenvalue weighted by atomic mass is 32.1. The predicted octanol–water partition coefficient (Wildman–Crippen LogP) is 13.8. The molecule has 0 amide bonds. The van der Waals surface area contributed by atoms with Gasteiger partial charge in [0, 0.05) is 20.2 Å². The molecule has 6 fully saturated rings. The molecule has 5 aromatic rings. The summed E-state index contributed by atoms with van der Waals surface area (Å²) in [6.07, 6.45) is 20.0. The number of hydrogen-bond acceptors (Lipinski definition) is 1. The van der Waals surface area contributed by atoms with E-state index in [9.17, 15) is 0 Å². The van der Waals surface area contributed by atoms with Crippen LogP contribution in [0.15, 0.2) is 91.0 Å². The van der Waals surface area contributed by atoms with Crippen LogP contribution in [0.25, 0.3) is 42.4 Å². The van der Waals surface area contributed by atoms with Gasteiger partial charge in [-0.05, 0) is 156 Å². The molecule has 4 aromatic carbocycles. The van der Waals surface area contributed by atoms with Gasteiger partial charge in [-0.2, -0.15) is 0 Å². The van der Waals surface area contributed by atoms with E-state index < -0.39 is 0 Å². The molecular formula is C48H52S. The minimum Gasteiger partial charge on any atom is -0.135 e. The summed E-state index contributed by atoms with van der Waals surface area (Å²) in [7, 11) is 0. The Morgan fingerprint density at radius 3 is 1.73 bits per heavy atom. The van der Waals surface area contributed by atoms with Crippen LogP contribution in [-0.4, -0.2) is 0 Å². The molecular weight excluding hydrogens is 609 g/mol. The van der Waals surface area contributed by atoms with Crippen LogP contribution in [-0.2, 0) is 0 Å². The van der Waals surface area contributed by atoms with Crippen molar-refractivity contribution in [3.05, 3.63) is 96.6 Å². The lowest BCUT2D eigenvalue weighted by atomic mass is 9.37. The zero-order valence-corrected chi connectivity index (χ0v) is 29.9. The lowest BCUT2D eigenvalue weighted by molar-refractivity contribution is -0.189. The van der Waals surface area contributed by atoms with E-state index >= 15 is 0 Å². The van der Waals surface area contributed by atoms with E-state index in [0.29, 0.717) is 0 Å². The minimum atomic E-state index is 0.743. The minimum absolute atomic E-state index is 0.743. The summed E-state index contributed by atoms with van der Waals surface area (Å²) in [4.78, 5) is 0. The standard InChI is InChI=1S/C48H52S/c1-2-11-29(12-3-1)34-19-9-22-41-42-26-32(23-24-45(42)49-48(34)41)30-13-8-14-31(25-30)33-27-43-37-17-6-4-15-35(37)39-20-10-21-40-36-16-5-7-18-38(36)44(28-33)47(43)46(39)40/h1-3,8-9,11-14,19,22-26,33,35-40,43-44,46-47H,4-7,10,15-18,20-21,27-28H2. The van der Waals surface area contributed by atoms with Crippen LogP contribution in [0.1, 0.15) is 95.0 Å². The van der Waals surface area contributed by atoms with Gasteiger partial charge < -0.3 is 0 Å². The molecule has 0 N–H and O–H groups in total. The van der Waals surface area contributed by atoms with Crippen LogP contribution < -0.4 is 0 Å². The van der Waals surface area contributed by atoms with E-state index in [-0.39, 0.29) is 0 Å². The number of fused-ring (bicyclic) bond motifs is 9. The largest absolute Gasteiger partial charge is 0.135 e. The van der Waals surface area contributed by atoms with Crippen molar-refractivity contribution >= 4 is 31.5 Å². The normalized spacial score (nSPS) is 36.5. The summed E-state index contributed by atoms with van der Waals surface area (Å²) in [5, 5.41) is 2.81. The Balaban J connectivity index is 0.962. The molecule has 8 unspecified atom stereocenters. The number of rotatable bonds is 3. The Hall–Kier alpha value is -2.90. The third-order valence-corrected chi connectivity index (χ3v) is 17.1. The zero-order chi connectivity index (χ0) is 32.1. The molecule has 0 spiro atoms. The number of thiophene rings is 1. The van der Waals surface area contributed by atoms with E-state index in [1.54, 1.807) is 50.5 Å². The molecule has 0 nitrogen and oxygen atoms in total. The monoisotopic (exact) mass is 660 g/mol. The van der Waals surface area contributed by atoms with Crippen LogP contribution in [0, 0.1) is 59.2 Å². The lowest BCUT2D eigenvalue weighted by Crippen LogP contribution is -2.61. The van der Waals surface area contributed by atoms with Crippen molar-refractivity contribution in [3.63, 3.8) is 0 Å². The highest BCUT2D eigenvalue weighted by molar-refractivity contribution is 7.26. The third-order valence-electron chi connectivity index (χ3n) is 15.8. The van der Waals surface area contributed by atoms with Crippen LogP contribution >= 0.6 is 11.3 Å². The Labute approximate surface area is 297 Å². The maximum Gasteiger partial charge on any atom is 0.0433 e. The molecule has 0 bridgehead atoms. The van der Waals surface area contributed by atoms with Gasteiger partial charge in [0.25, 0.3) is 0 Å². The summed E-state index contributed by atoms with van der Waals surface area (Å²) in [6, 6.07) is 35.1. The maximum absolute atomic E-state index is 2.64. The fourth-order valence-electron chi connectivity index (χ4n) is 14.3. The molecule has 49 heavy (non-hydrogen) atoms. The average Bonchev–Trinajstić information content (AvgIpc) is 3.56. The molecule has 1 aromatic heterocycles. The SMILES string of the molecule is c1ccc(-c2cccc3c2sc2ccc(-c4cccc(C5CC6C7CCCCC7C7CCCC8C9CCCCC9C(C5)C6C78)c4)cc23)cc1. The van der Waals surface area contributed by atoms with Crippen molar-refractivity contribution in [3.8, 4) is 22.3 Å². The number of hydrogen-bond donors (Lipinski definition) is 0. The first-order valence-corrected chi connectivity index (χ1v) is 21.2. The smallest absolute Gasteiger partial charge is 0.0433 e. The maximum atomic E-state index is 2.64.